The molecular weight excluding hydrogens is 240 g/mol. The number of nitrogens with zero attached hydrogens (tertiary/aromatic N) is 1. The lowest BCUT2D eigenvalue weighted by molar-refractivity contribution is -0.0587. The normalized spacial score (nSPS) is 23.8. The number of para-hydroxylation sites is 1. The molecule has 1 saturated heterocycles. The molecule has 1 aromatic heterocycles. The molecule has 0 spiro atoms. The van der Waals surface area contributed by atoms with Gasteiger partial charge in [0.1, 0.15) is 5.69 Å². The summed E-state index contributed by atoms with van der Waals surface area (Å²) < 4.78 is 5.66. The van der Waals surface area contributed by atoms with Crippen LogP contribution in [0.3, 0.4) is 0 Å². The molecule has 1 aliphatic rings. The van der Waals surface area contributed by atoms with Gasteiger partial charge < -0.3 is 14.6 Å². The summed E-state index contributed by atoms with van der Waals surface area (Å²) >= 11 is 0. The standard InChI is InChI=1S/C15H18N2O2/c1-10-8-17(9-11(2)19-10)15(18)14-7-12-5-3-4-6-13(12)16-14/h3-7,10-11,16H,8-9H2,1-2H3/t10-,11+. The highest BCUT2D eigenvalue weighted by Gasteiger charge is 2.27. The average Bonchev–Trinajstić information content (AvgIpc) is 2.80. The fourth-order valence-electron chi connectivity index (χ4n) is 2.70. The Morgan fingerprint density at radius 1 is 1.26 bits per heavy atom. The monoisotopic (exact) mass is 258 g/mol. The molecule has 0 radical (unpaired) electrons. The number of H-pyrrole nitrogens is 1. The van der Waals surface area contributed by atoms with Crippen LogP contribution in [0.1, 0.15) is 24.3 Å². The van der Waals surface area contributed by atoms with E-state index in [9.17, 15) is 4.79 Å². The Morgan fingerprint density at radius 3 is 2.63 bits per heavy atom. The third-order valence-electron chi connectivity index (χ3n) is 3.47. The van der Waals surface area contributed by atoms with Crippen molar-refractivity contribution >= 4 is 16.8 Å². The molecule has 1 aromatic carbocycles. The maximum absolute atomic E-state index is 12.5. The number of rotatable bonds is 1. The Morgan fingerprint density at radius 2 is 1.95 bits per heavy atom. The van der Waals surface area contributed by atoms with E-state index in [1.165, 1.54) is 0 Å². The van der Waals surface area contributed by atoms with E-state index in [0.717, 1.165) is 10.9 Å². The van der Waals surface area contributed by atoms with Gasteiger partial charge in [-0.2, -0.15) is 0 Å². The molecule has 1 aliphatic heterocycles. The number of hydrogen-bond donors (Lipinski definition) is 1. The molecule has 100 valence electrons. The number of aromatic amines is 1. The zero-order valence-corrected chi connectivity index (χ0v) is 11.2. The first kappa shape index (κ1) is 12.2. The Balaban J connectivity index is 1.86. The lowest BCUT2D eigenvalue weighted by Gasteiger charge is -2.35. The SMILES string of the molecule is C[C@@H]1CN(C(=O)c2cc3ccccc3[nH]2)C[C@H](C)O1. The van der Waals surface area contributed by atoms with Gasteiger partial charge in [-0.15, -0.1) is 0 Å². The van der Waals surface area contributed by atoms with Crippen molar-refractivity contribution in [3.8, 4) is 0 Å². The van der Waals surface area contributed by atoms with Gasteiger partial charge in [-0.1, -0.05) is 18.2 Å². The highest BCUT2D eigenvalue weighted by atomic mass is 16.5. The van der Waals surface area contributed by atoms with Gasteiger partial charge in [0, 0.05) is 24.0 Å². The number of nitrogens with one attached hydrogen (secondary N) is 1. The predicted octanol–water partition coefficient (Wildman–Crippen LogP) is 2.42. The number of ether oxygens (including phenoxy) is 1. The van der Waals surface area contributed by atoms with Gasteiger partial charge in [-0.05, 0) is 26.0 Å². The van der Waals surface area contributed by atoms with Crippen molar-refractivity contribution in [2.75, 3.05) is 13.1 Å². The number of hydrogen-bond acceptors (Lipinski definition) is 2. The Kier molecular flexibility index (Phi) is 3.03. The number of amides is 1. The molecule has 4 heteroatoms. The van der Waals surface area contributed by atoms with Crippen LogP contribution in [-0.4, -0.2) is 41.1 Å². The quantitative estimate of drug-likeness (QED) is 0.853. The minimum Gasteiger partial charge on any atom is -0.372 e. The van der Waals surface area contributed by atoms with Crippen LogP contribution in [-0.2, 0) is 4.74 Å². The van der Waals surface area contributed by atoms with Gasteiger partial charge in [-0.3, -0.25) is 4.79 Å². The van der Waals surface area contributed by atoms with E-state index in [0.29, 0.717) is 18.8 Å². The Bertz CT molecular complexity index is 562. The lowest BCUT2D eigenvalue weighted by Crippen LogP contribution is -2.48. The second kappa shape index (κ2) is 4.70. The molecule has 1 fully saturated rings. The molecule has 0 bridgehead atoms. The maximum atomic E-state index is 12.5. The van der Waals surface area contributed by atoms with E-state index < -0.39 is 0 Å². The van der Waals surface area contributed by atoms with Crippen LogP contribution in [0, 0.1) is 0 Å². The number of aromatic nitrogens is 1. The van der Waals surface area contributed by atoms with Crippen molar-refractivity contribution in [3.63, 3.8) is 0 Å². The number of fused-ring (bicyclic) bond motifs is 1. The minimum atomic E-state index is 0.0539. The topological polar surface area (TPSA) is 45.3 Å². The summed E-state index contributed by atoms with van der Waals surface area (Å²) in [5.41, 5.74) is 1.66. The zero-order valence-electron chi connectivity index (χ0n) is 11.2. The Hall–Kier alpha value is -1.81. The van der Waals surface area contributed by atoms with Gasteiger partial charge in [0.05, 0.1) is 12.2 Å². The Labute approximate surface area is 112 Å². The first-order valence-electron chi connectivity index (χ1n) is 6.66. The third kappa shape index (κ3) is 2.36. The van der Waals surface area contributed by atoms with Crippen LogP contribution < -0.4 is 0 Å². The number of carbonyl (C=O) groups is 1. The van der Waals surface area contributed by atoms with Crippen molar-refractivity contribution in [2.45, 2.75) is 26.1 Å². The van der Waals surface area contributed by atoms with Gasteiger partial charge in [0.25, 0.3) is 5.91 Å². The third-order valence-corrected chi connectivity index (χ3v) is 3.47. The maximum Gasteiger partial charge on any atom is 0.270 e. The van der Waals surface area contributed by atoms with Gasteiger partial charge in [-0.25, -0.2) is 0 Å². The van der Waals surface area contributed by atoms with E-state index in [-0.39, 0.29) is 18.1 Å². The summed E-state index contributed by atoms with van der Waals surface area (Å²) in [6, 6.07) is 9.85. The molecule has 2 aromatic rings. The van der Waals surface area contributed by atoms with Crippen LogP contribution in [0.5, 0.6) is 0 Å². The fourth-order valence-corrected chi connectivity index (χ4v) is 2.70. The lowest BCUT2D eigenvalue weighted by atomic mass is 10.2. The summed E-state index contributed by atoms with van der Waals surface area (Å²) in [5.74, 6) is 0.0539. The molecule has 19 heavy (non-hydrogen) atoms. The molecule has 0 saturated carbocycles. The largest absolute Gasteiger partial charge is 0.372 e. The minimum absolute atomic E-state index is 0.0539. The highest BCUT2D eigenvalue weighted by Crippen LogP contribution is 2.18. The van der Waals surface area contributed by atoms with Crippen LogP contribution in [0.15, 0.2) is 30.3 Å². The summed E-state index contributed by atoms with van der Waals surface area (Å²) in [6.07, 6.45) is 0.189. The molecule has 0 aliphatic carbocycles. The van der Waals surface area contributed by atoms with E-state index in [4.69, 9.17) is 4.74 Å². The van der Waals surface area contributed by atoms with Crippen LogP contribution >= 0.6 is 0 Å². The average molecular weight is 258 g/mol. The second-order valence-electron chi connectivity index (χ2n) is 5.24. The molecule has 3 rings (SSSR count). The fraction of sp³-hybridized carbons (Fsp3) is 0.400. The molecule has 1 amide bonds. The van der Waals surface area contributed by atoms with Gasteiger partial charge in [0.2, 0.25) is 0 Å². The number of morpholine rings is 1. The zero-order chi connectivity index (χ0) is 13.4. The van der Waals surface area contributed by atoms with E-state index in [1.807, 2.05) is 49.1 Å². The summed E-state index contributed by atoms with van der Waals surface area (Å²) in [6.45, 7) is 5.30. The van der Waals surface area contributed by atoms with Crippen LogP contribution in [0.2, 0.25) is 0 Å². The van der Waals surface area contributed by atoms with E-state index in [1.54, 1.807) is 0 Å². The van der Waals surface area contributed by atoms with Crippen molar-refractivity contribution in [1.29, 1.82) is 0 Å². The summed E-state index contributed by atoms with van der Waals surface area (Å²) in [4.78, 5) is 17.6. The van der Waals surface area contributed by atoms with Crippen LogP contribution in [0.25, 0.3) is 10.9 Å². The smallest absolute Gasteiger partial charge is 0.270 e. The second-order valence-corrected chi connectivity index (χ2v) is 5.24. The van der Waals surface area contributed by atoms with Crippen molar-refractivity contribution < 1.29 is 9.53 Å². The van der Waals surface area contributed by atoms with Crippen molar-refractivity contribution in [2.24, 2.45) is 0 Å². The predicted molar refractivity (Wildman–Crippen MR) is 74.2 cm³/mol. The number of benzene rings is 1. The van der Waals surface area contributed by atoms with Crippen molar-refractivity contribution in [3.05, 3.63) is 36.0 Å². The van der Waals surface area contributed by atoms with E-state index >= 15 is 0 Å². The molecule has 2 heterocycles. The molecule has 0 unspecified atom stereocenters. The van der Waals surface area contributed by atoms with Crippen LogP contribution in [0.4, 0.5) is 0 Å². The molecule has 2 atom stereocenters. The van der Waals surface area contributed by atoms with Crippen molar-refractivity contribution in [1.82, 2.24) is 9.88 Å². The first-order chi connectivity index (χ1) is 9.13. The van der Waals surface area contributed by atoms with E-state index in [2.05, 4.69) is 4.98 Å². The van der Waals surface area contributed by atoms with Gasteiger partial charge >= 0.3 is 0 Å². The first-order valence-corrected chi connectivity index (χ1v) is 6.66. The highest BCUT2D eigenvalue weighted by molar-refractivity contribution is 5.98. The summed E-state index contributed by atoms with van der Waals surface area (Å²) in [7, 11) is 0. The molecule has 4 nitrogen and oxygen atoms in total. The number of carbonyl (C=O) groups excluding carboxylic acids is 1. The molecular formula is C15H18N2O2. The molecule has 1 N–H and O–H groups in total. The van der Waals surface area contributed by atoms with Gasteiger partial charge in [0.15, 0.2) is 0 Å². The summed E-state index contributed by atoms with van der Waals surface area (Å²) in [5, 5.41) is 1.07.